The van der Waals surface area contributed by atoms with Gasteiger partial charge in [-0.25, -0.2) is 9.78 Å². The maximum absolute atomic E-state index is 10.8. The summed E-state index contributed by atoms with van der Waals surface area (Å²) >= 11 is 5.01. The highest BCUT2D eigenvalue weighted by molar-refractivity contribution is 9.10. The highest BCUT2D eigenvalue weighted by Gasteiger charge is 2.06. The number of carboxylic acid groups (broad SMARTS) is 1. The van der Waals surface area contributed by atoms with Crippen LogP contribution in [0.15, 0.2) is 45.8 Å². The van der Waals surface area contributed by atoms with E-state index in [1.54, 1.807) is 17.8 Å². The molecular formula is C13H11BrN2O2S. The predicted molar refractivity (Wildman–Crippen MR) is 79.3 cm³/mol. The van der Waals surface area contributed by atoms with E-state index in [4.69, 9.17) is 10.8 Å². The summed E-state index contributed by atoms with van der Waals surface area (Å²) in [6.45, 7) is 0. The Labute approximate surface area is 123 Å². The molecule has 0 amide bonds. The normalized spacial score (nSPS) is 10.4. The van der Waals surface area contributed by atoms with Gasteiger partial charge in [0.25, 0.3) is 0 Å². The molecule has 0 bridgehead atoms. The van der Waals surface area contributed by atoms with Crippen molar-refractivity contribution in [3.05, 3.63) is 52.3 Å². The first-order valence-electron chi connectivity index (χ1n) is 5.43. The minimum Gasteiger partial charge on any atom is -0.477 e. The second-order valence-electron chi connectivity index (χ2n) is 3.80. The zero-order valence-electron chi connectivity index (χ0n) is 9.84. The molecule has 0 saturated carbocycles. The summed E-state index contributed by atoms with van der Waals surface area (Å²) in [4.78, 5) is 15.9. The van der Waals surface area contributed by atoms with E-state index in [1.807, 2.05) is 24.3 Å². The molecule has 0 aliphatic heterocycles. The Hall–Kier alpha value is -1.53. The predicted octanol–water partition coefficient (Wildman–Crippen LogP) is 3.42. The molecule has 3 N–H and O–H groups in total. The van der Waals surface area contributed by atoms with Gasteiger partial charge in [0.2, 0.25) is 0 Å². The topological polar surface area (TPSA) is 76.2 Å². The fraction of sp³-hybridized carbons (Fsp3) is 0.0769. The van der Waals surface area contributed by atoms with Crippen LogP contribution in [0.3, 0.4) is 0 Å². The number of anilines is 1. The van der Waals surface area contributed by atoms with Crippen LogP contribution in [0.25, 0.3) is 0 Å². The van der Waals surface area contributed by atoms with Crippen molar-refractivity contribution in [1.29, 1.82) is 0 Å². The van der Waals surface area contributed by atoms with Crippen LogP contribution in [0.4, 0.5) is 5.69 Å². The number of carbonyl (C=O) groups is 1. The van der Waals surface area contributed by atoms with Crippen LogP contribution in [0.1, 0.15) is 16.2 Å². The summed E-state index contributed by atoms with van der Waals surface area (Å²) in [7, 11) is 0. The van der Waals surface area contributed by atoms with Crippen molar-refractivity contribution in [2.24, 2.45) is 0 Å². The van der Waals surface area contributed by atoms with E-state index in [1.165, 1.54) is 6.07 Å². The molecule has 1 aromatic carbocycles. The van der Waals surface area contributed by atoms with Gasteiger partial charge < -0.3 is 10.8 Å². The summed E-state index contributed by atoms with van der Waals surface area (Å²) < 4.78 is 0.923. The third-order valence-electron chi connectivity index (χ3n) is 2.36. The molecule has 0 radical (unpaired) electrons. The smallest absolute Gasteiger partial charge is 0.354 e. The molecule has 1 aromatic heterocycles. The van der Waals surface area contributed by atoms with Gasteiger partial charge in [-0.05, 0) is 46.3 Å². The van der Waals surface area contributed by atoms with Gasteiger partial charge >= 0.3 is 5.97 Å². The van der Waals surface area contributed by atoms with Crippen molar-refractivity contribution >= 4 is 39.3 Å². The molecule has 4 nitrogen and oxygen atoms in total. The quantitative estimate of drug-likeness (QED) is 0.659. The first kappa shape index (κ1) is 13.9. The van der Waals surface area contributed by atoms with Crippen LogP contribution in [-0.4, -0.2) is 16.1 Å². The molecule has 0 aliphatic rings. The fourth-order valence-corrected chi connectivity index (χ4v) is 3.03. The highest BCUT2D eigenvalue weighted by atomic mass is 79.9. The zero-order chi connectivity index (χ0) is 13.8. The number of thioether (sulfide) groups is 1. The number of pyridine rings is 1. The van der Waals surface area contributed by atoms with Crippen molar-refractivity contribution in [2.45, 2.75) is 10.6 Å². The summed E-state index contributed by atoms with van der Waals surface area (Å²) in [5, 5.41) is 8.88. The minimum absolute atomic E-state index is 0.0643. The molecule has 0 fully saturated rings. The zero-order valence-corrected chi connectivity index (χ0v) is 12.2. The Morgan fingerprint density at radius 3 is 2.84 bits per heavy atom. The van der Waals surface area contributed by atoms with Gasteiger partial charge in [-0.2, -0.15) is 0 Å². The molecule has 98 valence electrons. The number of halogens is 1. The lowest BCUT2D eigenvalue weighted by Crippen LogP contribution is -2.01. The van der Waals surface area contributed by atoms with Gasteiger partial charge in [0.1, 0.15) is 5.69 Å². The SMILES string of the molecule is Nc1ccc(SCc2cccc(C(=O)O)n2)c(Br)c1. The van der Waals surface area contributed by atoms with Crippen molar-refractivity contribution < 1.29 is 9.90 Å². The maximum Gasteiger partial charge on any atom is 0.354 e. The van der Waals surface area contributed by atoms with Crippen LogP contribution in [-0.2, 0) is 5.75 Å². The van der Waals surface area contributed by atoms with Gasteiger partial charge in [0.05, 0.1) is 5.69 Å². The molecule has 0 saturated heterocycles. The molecule has 2 aromatic rings. The molecule has 1 heterocycles. The lowest BCUT2D eigenvalue weighted by molar-refractivity contribution is 0.0690. The van der Waals surface area contributed by atoms with Crippen LogP contribution < -0.4 is 5.73 Å². The Bertz CT molecular complexity index is 619. The van der Waals surface area contributed by atoms with Crippen LogP contribution in [0, 0.1) is 0 Å². The van der Waals surface area contributed by atoms with Crippen molar-refractivity contribution in [1.82, 2.24) is 4.98 Å². The monoisotopic (exact) mass is 338 g/mol. The van der Waals surface area contributed by atoms with Crippen LogP contribution in [0.2, 0.25) is 0 Å². The Morgan fingerprint density at radius 1 is 1.37 bits per heavy atom. The summed E-state index contributed by atoms with van der Waals surface area (Å²) in [5.41, 5.74) is 7.16. The lowest BCUT2D eigenvalue weighted by Gasteiger charge is -2.05. The summed E-state index contributed by atoms with van der Waals surface area (Å²) in [5.74, 6) is -0.413. The van der Waals surface area contributed by atoms with Crippen LogP contribution >= 0.6 is 27.7 Å². The maximum atomic E-state index is 10.8. The summed E-state index contributed by atoms with van der Waals surface area (Å²) in [6.07, 6.45) is 0. The number of benzene rings is 1. The number of nitrogens with two attached hydrogens (primary N) is 1. The minimum atomic E-state index is -1.01. The first-order valence-corrected chi connectivity index (χ1v) is 7.21. The number of hydrogen-bond acceptors (Lipinski definition) is 4. The van der Waals surface area contributed by atoms with E-state index in [2.05, 4.69) is 20.9 Å². The fourth-order valence-electron chi connectivity index (χ4n) is 1.46. The van der Waals surface area contributed by atoms with E-state index in [-0.39, 0.29) is 5.69 Å². The molecular weight excluding hydrogens is 328 g/mol. The first-order chi connectivity index (χ1) is 9.06. The third kappa shape index (κ3) is 3.71. The number of aromatic carboxylic acids is 1. The van der Waals surface area contributed by atoms with Gasteiger partial charge in [-0.15, -0.1) is 11.8 Å². The molecule has 0 aliphatic carbocycles. The number of nitrogens with zero attached hydrogens (tertiary/aromatic N) is 1. The molecule has 6 heteroatoms. The average Bonchev–Trinajstić information content (AvgIpc) is 2.38. The number of carboxylic acids is 1. The molecule has 19 heavy (non-hydrogen) atoms. The second-order valence-corrected chi connectivity index (χ2v) is 5.67. The molecule has 0 atom stereocenters. The number of nitrogen functional groups attached to an aromatic ring is 1. The Kier molecular flexibility index (Phi) is 4.44. The standard InChI is InChI=1S/C13H11BrN2O2S/c14-10-6-8(15)4-5-12(10)19-7-9-2-1-3-11(16-9)13(17)18/h1-6H,7,15H2,(H,17,18). The van der Waals surface area contributed by atoms with E-state index in [0.29, 0.717) is 11.4 Å². The third-order valence-corrected chi connectivity index (χ3v) is 4.38. The van der Waals surface area contributed by atoms with Crippen molar-refractivity contribution in [2.75, 3.05) is 5.73 Å². The average molecular weight is 339 g/mol. The van der Waals surface area contributed by atoms with E-state index in [0.717, 1.165) is 15.1 Å². The number of aromatic nitrogens is 1. The van der Waals surface area contributed by atoms with Gasteiger partial charge in [0, 0.05) is 20.8 Å². The molecule has 0 unspecified atom stereocenters. The van der Waals surface area contributed by atoms with Gasteiger partial charge in [-0.1, -0.05) is 6.07 Å². The highest BCUT2D eigenvalue weighted by Crippen LogP contribution is 2.31. The lowest BCUT2D eigenvalue weighted by atomic mass is 10.3. The van der Waals surface area contributed by atoms with E-state index >= 15 is 0 Å². The molecule has 0 spiro atoms. The van der Waals surface area contributed by atoms with E-state index in [9.17, 15) is 4.79 Å². The second kappa shape index (κ2) is 6.08. The largest absolute Gasteiger partial charge is 0.477 e. The number of rotatable bonds is 4. The summed E-state index contributed by atoms with van der Waals surface area (Å²) in [6, 6.07) is 10.6. The van der Waals surface area contributed by atoms with E-state index < -0.39 is 5.97 Å². The van der Waals surface area contributed by atoms with Gasteiger partial charge in [0.15, 0.2) is 0 Å². The number of hydrogen-bond donors (Lipinski definition) is 2. The van der Waals surface area contributed by atoms with Crippen molar-refractivity contribution in [3.63, 3.8) is 0 Å². The molecule has 2 rings (SSSR count). The Morgan fingerprint density at radius 2 is 2.16 bits per heavy atom. The van der Waals surface area contributed by atoms with Gasteiger partial charge in [-0.3, -0.25) is 0 Å². The Balaban J connectivity index is 2.10. The van der Waals surface area contributed by atoms with Crippen LogP contribution in [0.5, 0.6) is 0 Å². The van der Waals surface area contributed by atoms with Crippen molar-refractivity contribution in [3.8, 4) is 0 Å².